The van der Waals surface area contributed by atoms with Crippen LogP contribution >= 0.6 is 23.2 Å². The fraction of sp³-hybridized carbons (Fsp3) is 0.348. The van der Waals surface area contributed by atoms with Gasteiger partial charge in [0, 0.05) is 48.3 Å². The van der Waals surface area contributed by atoms with Crippen LogP contribution in [0.15, 0.2) is 36.1 Å². The lowest BCUT2D eigenvalue weighted by Gasteiger charge is -2.33. The molecule has 0 amide bonds. The highest BCUT2D eigenvalue weighted by Gasteiger charge is 2.34. The third-order valence-electron chi connectivity index (χ3n) is 5.79. The van der Waals surface area contributed by atoms with Crippen molar-refractivity contribution >= 4 is 35.1 Å². The first-order valence-corrected chi connectivity index (χ1v) is 11.0. The second kappa shape index (κ2) is 8.81. The third-order valence-corrected chi connectivity index (χ3v) is 6.45. The number of carbonyl (C=O) groups excluding carboxylic acids is 1. The van der Waals surface area contributed by atoms with Gasteiger partial charge in [0.2, 0.25) is 5.78 Å². The summed E-state index contributed by atoms with van der Waals surface area (Å²) in [6.45, 7) is 6.48. The molecule has 162 valence electrons. The molecule has 0 N–H and O–H groups in total. The van der Waals surface area contributed by atoms with E-state index in [4.69, 9.17) is 37.4 Å². The van der Waals surface area contributed by atoms with Crippen LogP contribution in [0.5, 0.6) is 11.5 Å². The Labute approximate surface area is 190 Å². The van der Waals surface area contributed by atoms with E-state index in [-0.39, 0.29) is 11.5 Å². The van der Waals surface area contributed by atoms with Gasteiger partial charge in [-0.3, -0.25) is 14.6 Å². The number of allylic oxidation sites excluding steroid dienone is 1. The Bertz CT molecular complexity index is 1030. The highest BCUT2D eigenvalue weighted by molar-refractivity contribution is 6.37. The van der Waals surface area contributed by atoms with E-state index in [9.17, 15) is 4.79 Å². The van der Waals surface area contributed by atoms with Crippen molar-refractivity contribution < 1.29 is 19.0 Å². The van der Waals surface area contributed by atoms with E-state index in [1.807, 2.05) is 6.07 Å². The van der Waals surface area contributed by atoms with Gasteiger partial charge in [0.15, 0.2) is 5.76 Å². The topological polar surface area (TPSA) is 51.2 Å². The van der Waals surface area contributed by atoms with E-state index in [0.717, 1.165) is 50.7 Å². The van der Waals surface area contributed by atoms with Crippen molar-refractivity contribution in [3.8, 4) is 11.5 Å². The van der Waals surface area contributed by atoms with Crippen molar-refractivity contribution in [1.82, 2.24) is 9.80 Å². The van der Waals surface area contributed by atoms with Crippen LogP contribution in [0.1, 0.15) is 21.5 Å². The number of morpholine rings is 1. The number of ether oxygens (including phenoxy) is 3. The zero-order valence-corrected chi connectivity index (χ0v) is 18.4. The predicted molar refractivity (Wildman–Crippen MR) is 119 cm³/mol. The molecule has 3 heterocycles. The molecule has 0 bridgehead atoms. The molecule has 0 radical (unpaired) electrons. The number of hydrogen-bond acceptors (Lipinski definition) is 6. The Morgan fingerprint density at radius 3 is 2.52 bits per heavy atom. The molecule has 5 rings (SSSR count). The molecule has 0 aromatic heterocycles. The average Bonchev–Trinajstić information content (AvgIpc) is 3.11. The second-order valence-corrected chi connectivity index (χ2v) is 8.59. The molecule has 3 aliphatic heterocycles. The van der Waals surface area contributed by atoms with Gasteiger partial charge in [-0.2, -0.15) is 0 Å². The Balaban J connectivity index is 1.36. The lowest BCUT2D eigenvalue weighted by Crippen LogP contribution is -2.43. The van der Waals surface area contributed by atoms with Gasteiger partial charge in [-0.1, -0.05) is 29.3 Å². The molecule has 3 aliphatic rings. The Hall–Kier alpha value is -2.09. The first kappa shape index (κ1) is 20.8. The molecule has 8 heteroatoms. The summed E-state index contributed by atoms with van der Waals surface area (Å²) in [6, 6.07) is 8.83. The van der Waals surface area contributed by atoms with Crippen LogP contribution in [0.4, 0.5) is 0 Å². The molecule has 1 fully saturated rings. The van der Waals surface area contributed by atoms with Crippen molar-refractivity contribution in [2.24, 2.45) is 0 Å². The number of ketones is 1. The van der Waals surface area contributed by atoms with E-state index >= 15 is 0 Å². The summed E-state index contributed by atoms with van der Waals surface area (Å²) in [7, 11) is 0. The predicted octanol–water partition coefficient (Wildman–Crippen LogP) is 4.09. The van der Waals surface area contributed by atoms with Crippen molar-refractivity contribution in [2.75, 3.05) is 46.1 Å². The molecule has 1 saturated heterocycles. The van der Waals surface area contributed by atoms with Crippen molar-refractivity contribution in [2.45, 2.75) is 6.54 Å². The number of rotatable bonds is 4. The molecule has 0 spiro atoms. The van der Waals surface area contributed by atoms with Gasteiger partial charge in [-0.15, -0.1) is 0 Å². The summed E-state index contributed by atoms with van der Waals surface area (Å²) in [5, 5.41) is 0.930. The molecule has 0 saturated carbocycles. The van der Waals surface area contributed by atoms with Crippen molar-refractivity contribution in [3.05, 3.63) is 62.8 Å². The van der Waals surface area contributed by atoms with Crippen molar-refractivity contribution in [1.29, 1.82) is 0 Å². The number of nitrogens with zero attached hydrogens (tertiary/aromatic N) is 2. The fourth-order valence-corrected chi connectivity index (χ4v) is 4.54. The summed E-state index contributed by atoms with van der Waals surface area (Å²) in [6.07, 6.45) is 1.61. The normalized spacial score (nSPS) is 20.3. The number of halogens is 2. The van der Waals surface area contributed by atoms with Crippen LogP contribution in [0.2, 0.25) is 10.0 Å². The number of carbonyl (C=O) groups is 1. The lowest BCUT2D eigenvalue weighted by atomic mass is 10.0. The first-order valence-electron chi connectivity index (χ1n) is 10.3. The zero-order chi connectivity index (χ0) is 21.4. The average molecular weight is 461 g/mol. The minimum atomic E-state index is -0.181. The number of hydrogen-bond donors (Lipinski definition) is 0. The Morgan fingerprint density at radius 2 is 1.74 bits per heavy atom. The second-order valence-electron chi connectivity index (χ2n) is 7.77. The molecular formula is C23H22Cl2N2O4. The monoisotopic (exact) mass is 460 g/mol. The first-order chi connectivity index (χ1) is 15.1. The van der Waals surface area contributed by atoms with E-state index in [2.05, 4.69) is 9.80 Å². The minimum absolute atomic E-state index is 0.181. The molecule has 2 aromatic rings. The quantitative estimate of drug-likeness (QED) is 0.640. The van der Waals surface area contributed by atoms with E-state index < -0.39 is 0 Å². The molecule has 0 atom stereocenters. The van der Waals surface area contributed by atoms with Gasteiger partial charge < -0.3 is 14.2 Å². The number of benzene rings is 2. The maximum absolute atomic E-state index is 13.0. The van der Waals surface area contributed by atoms with E-state index in [0.29, 0.717) is 40.2 Å². The van der Waals surface area contributed by atoms with Crippen LogP contribution < -0.4 is 9.47 Å². The zero-order valence-electron chi connectivity index (χ0n) is 16.9. The van der Waals surface area contributed by atoms with Gasteiger partial charge >= 0.3 is 0 Å². The number of Topliss-reactive ketones (excluding diaryl/α,β-unsaturated/α-hetero) is 1. The number of fused-ring (bicyclic) bond motifs is 3. The summed E-state index contributed by atoms with van der Waals surface area (Å²) in [5.74, 6) is 1.35. The van der Waals surface area contributed by atoms with Crippen LogP contribution in [0.3, 0.4) is 0 Å². The van der Waals surface area contributed by atoms with Gasteiger partial charge in [0.05, 0.1) is 24.3 Å². The maximum atomic E-state index is 13.0. The molecule has 6 nitrogen and oxygen atoms in total. The third kappa shape index (κ3) is 4.19. The van der Waals surface area contributed by atoms with Crippen molar-refractivity contribution in [3.63, 3.8) is 0 Å². The Morgan fingerprint density at radius 1 is 1.00 bits per heavy atom. The summed E-state index contributed by atoms with van der Waals surface area (Å²) in [4.78, 5) is 17.6. The van der Waals surface area contributed by atoms with Gasteiger partial charge in [-0.25, -0.2) is 0 Å². The lowest BCUT2D eigenvalue weighted by molar-refractivity contribution is 0.0239. The molecule has 0 aliphatic carbocycles. The minimum Gasteiger partial charge on any atom is -0.478 e. The van der Waals surface area contributed by atoms with E-state index in [1.165, 1.54) is 0 Å². The molecule has 31 heavy (non-hydrogen) atoms. The summed E-state index contributed by atoms with van der Waals surface area (Å²) >= 11 is 12.5. The fourth-order valence-electron chi connectivity index (χ4n) is 4.04. The van der Waals surface area contributed by atoms with Crippen LogP contribution in [-0.4, -0.2) is 61.7 Å². The SMILES string of the molecule is O=C1/C(=C/c2c(Cl)cccc2Cl)Oc2c1ccc1c2CN(CCN2CCOCC2)CO1. The van der Waals surface area contributed by atoms with Crippen LogP contribution in [0, 0.1) is 0 Å². The molecular weight excluding hydrogens is 439 g/mol. The van der Waals surface area contributed by atoms with E-state index in [1.54, 1.807) is 30.3 Å². The van der Waals surface area contributed by atoms with Crippen LogP contribution in [-0.2, 0) is 11.3 Å². The van der Waals surface area contributed by atoms with Crippen LogP contribution in [0.25, 0.3) is 6.08 Å². The smallest absolute Gasteiger partial charge is 0.231 e. The Kier molecular flexibility index (Phi) is 5.91. The highest BCUT2D eigenvalue weighted by Crippen LogP contribution is 2.42. The van der Waals surface area contributed by atoms with Gasteiger partial charge in [0.1, 0.15) is 18.2 Å². The molecule has 2 aromatic carbocycles. The van der Waals surface area contributed by atoms with Gasteiger partial charge in [-0.05, 0) is 30.3 Å². The standard InChI is InChI=1S/C23H22Cl2N2O4/c24-18-2-1-3-19(25)16(18)12-21-22(28)15-4-5-20-17(23(15)31-21)13-27(14-30-20)7-6-26-8-10-29-11-9-26/h1-5,12H,6-11,13-14H2/b21-12-. The summed E-state index contributed by atoms with van der Waals surface area (Å²) < 4.78 is 17.4. The molecule has 0 unspecified atom stereocenters. The highest BCUT2D eigenvalue weighted by atomic mass is 35.5. The maximum Gasteiger partial charge on any atom is 0.231 e. The van der Waals surface area contributed by atoms with Gasteiger partial charge in [0.25, 0.3) is 0 Å². The largest absolute Gasteiger partial charge is 0.478 e. The summed E-state index contributed by atoms with van der Waals surface area (Å²) in [5.41, 5.74) is 2.00.